The molecule has 0 aromatic heterocycles. The van der Waals surface area contributed by atoms with Crippen LogP contribution in [-0.4, -0.2) is 51.1 Å². The number of nitrogens with zero attached hydrogens (tertiary/aromatic N) is 1. The molecule has 0 spiro atoms. The molecule has 2 amide bonds. The molecule has 36 heavy (non-hydrogen) atoms. The minimum atomic E-state index is -0.229. The molecule has 0 atom stereocenters. The van der Waals surface area contributed by atoms with Crippen molar-refractivity contribution in [2.75, 3.05) is 49.5 Å². The largest absolute Gasteiger partial charge is 0.494 e. The average molecular weight is 514 g/mol. The molecular formula is C29H43N3O3S. The Morgan fingerprint density at radius 2 is 1.50 bits per heavy atom. The monoisotopic (exact) mass is 513 g/mol. The summed E-state index contributed by atoms with van der Waals surface area (Å²) >= 11 is 1.68. The van der Waals surface area contributed by atoms with Gasteiger partial charge in [0.05, 0.1) is 18.0 Å². The first kappa shape index (κ1) is 29.6. The van der Waals surface area contributed by atoms with Crippen LogP contribution in [0.2, 0.25) is 0 Å². The molecule has 2 rings (SSSR count). The highest BCUT2D eigenvalue weighted by Gasteiger charge is 2.14. The topological polar surface area (TPSA) is 70.7 Å². The van der Waals surface area contributed by atoms with Crippen LogP contribution < -0.4 is 20.3 Å². The number of hydrogen-bond acceptors (Lipinski definition) is 5. The first-order valence-electron chi connectivity index (χ1n) is 13.1. The van der Waals surface area contributed by atoms with Gasteiger partial charge in [-0.25, -0.2) is 0 Å². The van der Waals surface area contributed by atoms with Crippen molar-refractivity contribution < 1.29 is 14.3 Å². The fraction of sp³-hybridized carbons (Fsp3) is 0.517. The molecular weight excluding hydrogens is 470 g/mol. The van der Waals surface area contributed by atoms with E-state index >= 15 is 0 Å². The van der Waals surface area contributed by atoms with Crippen LogP contribution in [0, 0.1) is 0 Å². The molecule has 0 aliphatic rings. The third kappa shape index (κ3) is 10.5. The lowest BCUT2D eigenvalue weighted by Crippen LogP contribution is -2.26. The highest BCUT2D eigenvalue weighted by atomic mass is 32.2. The molecule has 0 aliphatic heterocycles. The van der Waals surface area contributed by atoms with Crippen molar-refractivity contribution in [2.45, 2.75) is 58.3 Å². The summed E-state index contributed by atoms with van der Waals surface area (Å²) in [4.78, 5) is 27.3. The second-order valence-corrected chi connectivity index (χ2v) is 10.2. The number of nitrogens with one attached hydrogen (secondary N) is 2. The molecule has 0 heterocycles. The molecule has 0 bridgehead atoms. The Morgan fingerprint density at radius 1 is 0.861 bits per heavy atom. The molecule has 0 aliphatic carbocycles. The van der Waals surface area contributed by atoms with Gasteiger partial charge in [0.15, 0.2) is 0 Å². The summed E-state index contributed by atoms with van der Waals surface area (Å²) in [6, 6.07) is 12.6. The van der Waals surface area contributed by atoms with Gasteiger partial charge in [-0.1, -0.05) is 51.9 Å². The van der Waals surface area contributed by atoms with Gasteiger partial charge in [-0.3, -0.25) is 9.59 Å². The van der Waals surface area contributed by atoms with E-state index in [1.807, 2.05) is 43.5 Å². The van der Waals surface area contributed by atoms with Crippen molar-refractivity contribution in [3.8, 4) is 5.75 Å². The Bertz CT molecular complexity index is 932. The standard InChI is InChI=1S/C29H43N3O3S/c1-5-6-7-8-9-10-11-12-20-35-25-16-13-23(14-17-25)29(34)31-26-22-24(15-18-27(26)32(2)3)28(33)30-19-21-36-4/h13-18,22H,5-12,19-21H2,1-4H3,(H,30,33)(H,31,34). The van der Waals surface area contributed by atoms with E-state index in [0.29, 0.717) is 30.0 Å². The van der Waals surface area contributed by atoms with Crippen LogP contribution in [-0.2, 0) is 0 Å². The van der Waals surface area contributed by atoms with Crippen LogP contribution in [0.5, 0.6) is 5.75 Å². The number of rotatable bonds is 17. The first-order valence-corrected chi connectivity index (χ1v) is 14.5. The highest BCUT2D eigenvalue weighted by molar-refractivity contribution is 7.98. The molecule has 0 unspecified atom stereocenters. The van der Waals surface area contributed by atoms with Crippen LogP contribution >= 0.6 is 11.8 Å². The molecule has 7 heteroatoms. The van der Waals surface area contributed by atoms with E-state index in [1.165, 1.54) is 44.9 Å². The van der Waals surface area contributed by atoms with Crippen molar-refractivity contribution >= 4 is 35.0 Å². The smallest absolute Gasteiger partial charge is 0.255 e. The van der Waals surface area contributed by atoms with Gasteiger partial charge < -0.3 is 20.3 Å². The van der Waals surface area contributed by atoms with Gasteiger partial charge in [0.1, 0.15) is 5.75 Å². The number of unbranched alkanes of at least 4 members (excludes halogenated alkanes) is 7. The zero-order valence-electron chi connectivity index (χ0n) is 22.4. The van der Waals surface area contributed by atoms with E-state index < -0.39 is 0 Å². The van der Waals surface area contributed by atoms with E-state index in [0.717, 1.165) is 23.6 Å². The summed E-state index contributed by atoms with van der Waals surface area (Å²) in [5.41, 5.74) is 2.47. The quantitative estimate of drug-likeness (QED) is 0.233. The minimum absolute atomic E-state index is 0.150. The third-order valence-corrected chi connectivity index (χ3v) is 6.58. The van der Waals surface area contributed by atoms with Gasteiger partial charge >= 0.3 is 0 Å². The van der Waals surface area contributed by atoms with Gasteiger partial charge in [-0.05, 0) is 55.1 Å². The van der Waals surface area contributed by atoms with Crippen molar-refractivity contribution in [1.82, 2.24) is 5.32 Å². The molecule has 0 fully saturated rings. The van der Waals surface area contributed by atoms with Gasteiger partial charge in [0, 0.05) is 37.5 Å². The lowest BCUT2D eigenvalue weighted by atomic mass is 10.1. The number of amides is 2. The predicted molar refractivity (Wildman–Crippen MR) is 154 cm³/mol. The Kier molecular flexibility index (Phi) is 13.9. The molecule has 2 N–H and O–H groups in total. The predicted octanol–water partition coefficient (Wildman–Crippen LogP) is 6.62. The normalized spacial score (nSPS) is 10.7. The SMILES string of the molecule is CCCCCCCCCCOc1ccc(C(=O)Nc2cc(C(=O)NCCSC)ccc2N(C)C)cc1. The maximum absolute atomic E-state index is 12.9. The molecule has 0 saturated carbocycles. The van der Waals surface area contributed by atoms with E-state index in [2.05, 4.69) is 17.6 Å². The fourth-order valence-corrected chi connectivity index (χ4v) is 4.17. The minimum Gasteiger partial charge on any atom is -0.494 e. The van der Waals surface area contributed by atoms with Crippen molar-refractivity contribution in [1.29, 1.82) is 0 Å². The molecule has 2 aromatic rings. The second kappa shape index (κ2) is 16.9. The van der Waals surface area contributed by atoms with Gasteiger partial charge in [-0.2, -0.15) is 11.8 Å². The summed E-state index contributed by atoms with van der Waals surface area (Å²) in [5.74, 6) is 1.24. The number of ether oxygens (including phenoxy) is 1. The molecule has 6 nitrogen and oxygen atoms in total. The highest BCUT2D eigenvalue weighted by Crippen LogP contribution is 2.27. The number of benzene rings is 2. The maximum atomic E-state index is 12.9. The van der Waals surface area contributed by atoms with Crippen LogP contribution in [0.4, 0.5) is 11.4 Å². The lowest BCUT2D eigenvalue weighted by molar-refractivity contribution is 0.0954. The van der Waals surface area contributed by atoms with Crippen LogP contribution in [0.25, 0.3) is 0 Å². The van der Waals surface area contributed by atoms with E-state index in [9.17, 15) is 9.59 Å². The number of carbonyl (C=O) groups is 2. The van der Waals surface area contributed by atoms with E-state index in [4.69, 9.17) is 4.74 Å². The number of anilines is 2. The Hall–Kier alpha value is -2.67. The van der Waals surface area contributed by atoms with Gasteiger partial charge in [0.2, 0.25) is 0 Å². The van der Waals surface area contributed by atoms with E-state index in [-0.39, 0.29) is 11.8 Å². The Labute approximate surface area is 221 Å². The summed E-state index contributed by atoms with van der Waals surface area (Å²) in [6.07, 6.45) is 12.1. The maximum Gasteiger partial charge on any atom is 0.255 e. The second-order valence-electron chi connectivity index (χ2n) is 9.18. The van der Waals surface area contributed by atoms with Crippen LogP contribution in [0.3, 0.4) is 0 Å². The summed E-state index contributed by atoms with van der Waals surface area (Å²) in [7, 11) is 3.81. The van der Waals surface area contributed by atoms with Gasteiger partial charge in [0.25, 0.3) is 11.8 Å². The Morgan fingerprint density at radius 3 is 2.14 bits per heavy atom. The third-order valence-electron chi connectivity index (χ3n) is 5.96. The van der Waals surface area contributed by atoms with E-state index in [1.54, 1.807) is 36.0 Å². The molecule has 2 aromatic carbocycles. The summed E-state index contributed by atoms with van der Waals surface area (Å²) in [6.45, 7) is 3.54. The number of carbonyl (C=O) groups excluding carboxylic acids is 2. The fourth-order valence-electron chi connectivity index (χ4n) is 3.86. The molecule has 198 valence electrons. The number of hydrogen-bond donors (Lipinski definition) is 2. The summed E-state index contributed by atoms with van der Waals surface area (Å²) < 4.78 is 5.85. The van der Waals surface area contributed by atoms with Crippen molar-refractivity contribution in [3.63, 3.8) is 0 Å². The zero-order valence-corrected chi connectivity index (χ0v) is 23.2. The molecule has 0 saturated heterocycles. The van der Waals surface area contributed by atoms with Crippen LogP contribution in [0.15, 0.2) is 42.5 Å². The lowest BCUT2D eigenvalue weighted by Gasteiger charge is -2.19. The van der Waals surface area contributed by atoms with Gasteiger partial charge in [-0.15, -0.1) is 0 Å². The average Bonchev–Trinajstić information content (AvgIpc) is 2.88. The van der Waals surface area contributed by atoms with Crippen molar-refractivity contribution in [3.05, 3.63) is 53.6 Å². The van der Waals surface area contributed by atoms with Crippen LogP contribution in [0.1, 0.15) is 79.0 Å². The zero-order chi connectivity index (χ0) is 26.2. The Balaban J connectivity index is 1.88. The molecule has 0 radical (unpaired) electrons. The number of thioether (sulfide) groups is 1. The first-order chi connectivity index (χ1) is 17.5. The summed E-state index contributed by atoms with van der Waals surface area (Å²) in [5, 5.41) is 5.87. The van der Waals surface area contributed by atoms with Crippen molar-refractivity contribution in [2.24, 2.45) is 0 Å².